The summed E-state index contributed by atoms with van der Waals surface area (Å²) in [5, 5.41) is 15.2. The molecule has 0 unspecified atom stereocenters. The van der Waals surface area contributed by atoms with Crippen molar-refractivity contribution in [2.75, 3.05) is 0 Å². The number of aromatic nitrogens is 2. The summed E-state index contributed by atoms with van der Waals surface area (Å²) < 4.78 is 4.83. The van der Waals surface area contributed by atoms with Crippen LogP contribution in [0.15, 0.2) is 146 Å². The molecule has 3 heteroatoms. The van der Waals surface area contributed by atoms with Gasteiger partial charge in [-0.2, -0.15) is 5.26 Å². The first kappa shape index (κ1) is 36.2. The molecular weight excluding hydrogens is 715 g/mol. The maximum atomic E-state index is 10.4. The minimum Gasteiger partial charge on any atom is -0.309 e. The molecule has 0 fully saturated rings. The molecule has 0 spiro atoms. The van der Waals surface area contributed by atoms with Gasteiger partial charge in [0.25, 0.3) is 0 Å². The highest BCUT2D eigenvalue weighted by molar-refractivity contribution is 6.13. The van der Waals surface area contributed by atoms with Crippen LogP contribution in [0.2, 0.25) is 0 Å². The monoisotopic (exact) mass is 759 g/mol. The SMILES string of the molecule is Cc1cc(C)c(-c2ccc3c(c2)c2ccccc2n3-c2ccc(C#N)cc2-c2ccc(C)cc2-n2c3ccccc3c3cc(-c4c(C)cc(C)cc4C)ccc32)c(C)c1. The number of benzene rings is 8. The van der Waals surface area contributed by atoms with Crippen molar-refractivity contribution in [3.8, 4) is 50.8 Å². The summed E-state index contributed by atoms with van der Waals surface area (Å²) in [4.78, 5) is 0. The van der Waals surface area contributed by atoms with Crippen LogP contribution in [0.3, 0.4) is 0 Å². The lowest BCUT2D eigenvalue weighted by molar-refractivity contribution is 1.15. The summed E-state index contributed by atoms with van der Waals surface area (Å²) in [6, 6.07) is 55.8. The van der Waals surface area contributed by atoms with Crippen molar-refractivity contribution < 1.29 is 0 Å². The van der Waals surface area contributed by atoms with Crippen LogP contribution in [0.1, 0.15) is 44.5 Å². The highest BCUT2D eigenvalue weighted by Crippen LogP contribution is 2.43. The molecule has 0 aliphatic rings. The van der Waals surface area contributed by atoms with Crippen molar-refractivity contribution in [2.45, 2.75) is 48.5 Å². The third-order valence-corrected chi connectivity index (χ3v) is 12.3. The summed E-state index contributed by atoms with van der Waals surface area (Å²) >= 11 is 0. The molecular formula is C56H45N3. The first-order valence-electron chi connectivity index (χ1n) is 20.5. The molecule has 2 aromatic heterocycles. The van der Waals surface area contributed by atoms with Crippen molar-refractivity contribution >= 4 is 43.6 Å². The molecule has 0 atom stereocenters. The smallest absolute Gasteiger partial charge is 0.0991 e. The lowest BCUT2D eigenvalue weighted by Crippen LogP contribution is -2.02. The molecule has 0 amide bonds. The molecule has 0 N–H and O–H groups in total. The van der Waals surface area contributed by atoms with Gasteiger partial charge < -0.3 is 9.13 Å². The Morgan fingerprint density at radius 2 is 0.847 bits per heavy atom. The normalized spacial score (nSPS) is 11.6. The van der Waals surface area contributed by atoms with Gasteiger partial charge in [0, 0.05) is 32.7 Å². The topological polar surface area (TPSA) is 33.6 Å². The van der Waals surface area contributed by atoms with Crippen molar-refractivity contribution in [3.63, 3.8) is 0 Å². The Labute approximate surface area is 346 Å². The number of fused-ring (bicyclic) bond motifs is 6. The van der Waals surface area contributed by atoms with Crippen LogP contribution in [0.5, 0.6) is 0 Å². The number of hydrogen-bond donors (Lipinski definition) is 0. The van der Waals surface area contributed by atoms with Crippen molar-refractivity contribution in [3.05, 3.63) is 190 Å². The van der Waals surface area contributed by atoms with E-state index in [9.17, 15) is 5.26 Å². The molecule has 284 valence electrons. The molecule has 0 bridgehead atoms. The Morgan fingerprint density at radius 1 is 0.373 bits per heavy atom. The number of rotatable bonds is 5. The van der Waals surface area contributed by atoms with Gasteiger partial charge in [0.1, 0.15) is 0 Å². The Hall–Kier alpha value is -7.15. The second-order valence-electron chi connectivity index (χ2n) is 16.6. The van der Waals surface area contributed by atoms with Gasteiger partial charge in [0.05, 0.1) is 45.1 Å². The fraction of sp³-hybridized carbons (Fsp3) is 0.125. The molecule has 0 aliphatic heterocycles. The molecule has 0 radical (unpaired) electrons. The van der Waals surface area contributed by atoms with Crippen LogP contribution in [-0.4, -0.2) is 9.13 Å². The first-order valence-corrected chi connectivity index (χ1v) is 20.5. The van der Waals surface area contributed by atoms with Gasteiger partial charge in [-0.25, -0.2) is 0 Å². The van der Waals surface area contributed by atoms with Gasteiger partial charge in [-0.3, -0.25) is 0 Å². The second-order valence-corrected chi connectivity index (χ2v) is 16.6. The van der Waals surface area contributed by atoms with Gasteiger partial charge in [-0.15, -0.1) is 0 Å². The zero-order chi connectivity index (χ0) is 40.7. The van der Waals surface area contributed by atoms with E-state index in [-0.39, 0.29) is 0 Å². The van der Waals surface area contributed by atoms with E-state index < -0.39 is 0 Å². The molecule has 10 rings (SSSR count). The van der Waals surface area contributed by atoms with E-state index in [1.54, 1.807) is 0 Å². The summed E-state index contributed by atoms with van der Waals surface area (Å²) in [5.41, 5.74) is 23.3. The standard InChI is InChI=1S/C56H45N3/c1-33-16-20-45(54(28-33)59-50-15-11-9-13-44(50)48-31-42(19-23-53(48)59)56-38(6)26-35(3)27-39(56)7)46-29-40(32-57)17-21-51(46)58-49-14-10-8-12-43(49)47-30-41(18-22-52(47)58)55-36(4)24-34(2)25-37(55)5/h8-31H,1-7H3. The molecule has 0 saturated heterocycles. The summed E-state index contributed by atoms with van der Waals surface area (Å²) in [5.74, 6) is 0. The van der Waals surface area contributed by atoms with Gasteiger partial charge in [0.2, 0.25) is 0 Å². The Kier molecular flexibility index (Phi) is 8.44. The molecule has 0 aliphatic carbocycles. The number of nitrogens with zero attached hydrogens (tertiary/aromatic N) is 3. The van der Waals surface area contributed by atoms with E-state index in [1.807, 2.05) is 6.07 Å². The van der Waals surface area contributed by atoms with E-state index in [4.69, 9.17) is 0 Å². The van der Waals surface area contributed by atoms with Crippen LogP contribution >= 0.6 is 0 Å². The van der Waals surface area contributed by atoms with E-state index in [0.29, 0.717) is 5.56 Å². The second kappa shape index (κ2) is 13.8. The van der Waals surface area contributed by atoms with Gasteiger partial charge in [-0.05, 0) is 159 Å². The van der Waals surface area contributed by atoms with Gasteiger partial charge in [-0.1, -0.05) is 96.1 Å². The summed E-state index contributed by atoms with van der Waals surface area (Å²) in [6.07, 6.45) is 0. The lowest BCUT2D eigenvalue weighted by Gasteiger charge is -2.19. The van der Waals surface area contributed by atoms with Crippen LogP contribution < -0.4 is 0 Å². The van der Waals surface area contributed by atoms with Crippen molar-refractivity contribution in [1.82, 2.24) is 9.13 Å². The predicted octanol–water partition coefficient (Wildman–Crippen LogP) is 14.9. The van der Waals surface area contributed by atoms with E-state index in [0.717, 1.165) is 44.6 Å². The number of para-hydroxylation sites is 2. The highest BCUT2D eigenvalue weighted by atomic mass is 15.0. The number of aryl methyl sites for hydroxylation is 7. The molecule has 0 saturated carbocycles. The molecule has 59 heavy (non-hydrogen) atoms. The minimum absolute atomic E-state index is 0.624. The Morgan fingerprint density at radius 3 is 1.36 bits per heavy atom. The Bertz CT molecular complexity index is 3370. The molecule has 10 aromatic rings. The fourth-order valence-corrected chi connectivity index (χ4v) is 10.1. The fourth-order valence-electron chi connectivity index (χ4n) is 10.1. The van der Waals surface area contributed by atoms with Crippen LogP contribution in [0.25, 0.3) is 88.4 Å². The third kappa shape index (κ3) is 5.78. The largest absolute Gasteiger partial charge is 0.309 e. The molecule has 2 heterocycles. The zero-order valence-corrected chi connectivity index (χ0v) is 34.7. The third-order valence-electron chi connectivity index (χ3n) is 12.3. The van der Waals surface area contributed by atoms with E-state index >= 15 is 0 Å². The maximum Gasteiger partial charge on any atom is 0.0991 e. The summed E-state index contributed by atoms with van der Waals surface area (Å²) in [7, 11) is 0. The van der Waals surface area contributed by atoms with Gasteiger partial charge >= 0.3 is 0 Å². The molecule has 3 nitrogen and oxygen atoms in total. The first-order chi connectivity index (χ1) is 28.6. The quantitative estimate of drug-likeness (QED) is 0.172. The van der Waals surface area contributed by atoms with Crippen molar-refractivity contribution in [1.29, 1.82) is 5.26 Å². The van der Waals surface area contributed by atoms with Gasteiger partial charge in [0.15, 0.2) is 0 Å². The number of nitriles is 1. The average Bonchev–Trinajstić information content (AvgIpc) is 3.72. The summed E-state index contributed by atoms with van der Waals surface area (Å²) in [6.45, 7) is 15.4. The highest BCUT2D eigenvalue weighted by Gasteiger charge is 2.22. The predicted molar refractivity (Wildman–Crippen MR) is 249 cm³/mol. The minimum atomic E-state index is 0.624. The van der Waals surface area contributed by atoms with Crippen LogP contribution in [0, 0.1) is 59.8 Å². The maximum absolute atomic E-state index is 10.4. The average molecular weight is 760 g/mol. The number of hydrogen-bond acceptors (Lipinski definition) is 1. The van der Waals surface area contributed by atoms with Crippen molar-refractivity contribution in [2.24, 2.45) is 0 Å². The van der Waals surface area contributed by atoms with Crippen LogP contribution in [-0.2, 0) is 0 Å². The Balaban J connectivity index is 1.23. The van der Waals surface area contributed by atoms with Crippen LogP contribution in [0.4, 0.5) is 0 Å². The van der Waals surface area contributed by atoms with E-state index in [2.05, 4.69) is 203 Å². The van der Waals surface area contributed by atoms with E-state index in [1.165, 1.54) is 82.7 Å². The lowest BCUT2D eigenvalue weighted by atomic mass is 9.93. The zero-order valence-electron chi connectivity index (χ0n) is 34.7. The molecule has 8 aromatic carbocycles.